The summed E-state index contributed by atoms with van der Waals surface area (Å²) in [5.41, 5.74) is 5.34. The van der Waals surface area contributed by atoms with Crippen LogP contribution in [0.15, 0.2) is 72.8 Å². The van der Waals surface area contributed by atoms with E-state index in [1.54, 1.807) is 11.8 Å². The Balaban J connectivity index is 1.45. The minimum atomic E-state index is -0.0624. The molecule has 1 atom stereocenters. The van der Waals surface area contributed by atoms with Gasteiger partial charge < -0.3 is 15.0 Å². The average molecular weight is 419 g/mol. The molecule has 1 aliphatic rings. The molecule has 4 rings (SSSR count). The summed E-state index contributed by atoms with van der Waals surface area (Å²) in [6.07, 6.45) is 0. The van der Waals surface area contributed by atoms with Crippen molar-refractivity contribution in [2.75, 3.05) is 17.6 Å². The first-order valence-electron chi connectivity index (χ1n) is 10.1. The van der Waals surface area contributed by atoms with Crippen molar-refractivity contribution in [3.63, 3.8) is 0 Å². The number of urea groups is 1. The van der Waals surface area contributed by atoms with Gasteiger partial charge in [-0.1, -0.05) is 60.2 Å². The Kier molecular flexibility index (Phi) is 6.29. The first-order chi connectivity index (χ1) is 14.6. The molecule has 5 heteroatoms. The summed E-state index contributed by atoms with van der Waals surface area (Å²) in [6, 6.07) is 24.2. The molecule has 3 aromatic carbocycles. The van der Waals surface area contributed by atoms with Crippen LogP contribution in [0.2, 0.25) is 0 Å². The van der Waals surface area contributed by atoms with Gasteiger partial charge in [-0.15, -0.1) is 11.8 Å². The average Bonchev–Trinajstić information content (AvgIpc) is 3.25. The maximum Gasteiger partial charge on any atom is 0.323 e. The van der Waals surface area contributed by atoms with Crippen LogP contribution >= 0.6 is 11.8 Å². The number of amides is 2. The van der Waals surface area contributed by atoms with Crippen molar-refractivity contribution in [3.05, 3.63) is 95.1 Å². The van der Waals surface area contributed by atoms with E-state index in [9.17, 15) is 4.79 Å². The molecule has 1 fully saturated rings. The summed E-state index contributed by atoms with van der Waals surface area (Å²) in [5, 5.41) is 3.07. The number of rotatable bonds is 5. The summed E-state index contributed by atoms with van der Waals surface area (Å²) in [6.45, 7) is 5.32. The molecule has 0 aliphatic carbocycles. The Morgan fingerprint density at radius 3 is 2.70 bits per heavy atom. The first-order valence-corrected chi connectivity index (χ1v) is 11.2. The second-order valence-electron chi connectivity index (χ2n) is 7.51. The van der Waals surface area contributed by atoms with Crippen LogP contribution in [0.1, 0.15) is 27.6 Å². The van der Waals surface area contributed by atoms with Gasteiger partial charge in [-0.3, -0.25) is 0 Å². The summed E-state index contributed by atoms with van der Waals surface area (Å²) in [5.74, 6) is 1.73. The lowest BCUT2D eigenvalue weighted by Gasteiger charge is -2.25. The third kappa shape index (κ3) is 4.79. The lowest BCUT2D eigenvalue weighted by atomic mass is 10.1. The summed E-state index contributed by atoms with van der Waals surface area (Å²) >= 11 is 1.78. The normalized spacial score (nSPS) is 15.8. The van der Waals surface area contributed by atoms with Gasteiger partial charge in [-0.25, -0.2) is 4.79 Å². The van der Waals surface area contributed by atoms with E-state index in [-0.39, 0.29) is 11.4 Å². The van der Waals surface area contributed by atoms with Crippen LogP contribution in [0.25, 0.3) is 0 Å². The van der Waals surface area contributed by atoms with Crippen molar-refractivity contribution in [1.82, 2.24) is 4.90 Å². The molecule has 3 aromatic rings. The van der Waals surface area contributed by atoms with Crippen LogP contribution in [0.5, 0.6) is 5.75 Å². The molecule has 0 bridgehead atoms. The van der Waals surface area contributed by atoms with E-state index < -0.39 is 0 Å². The molecule has 30 heavy (non-hydrogen) atoms. The maximum atomic E-state index is 13.0. The van der Waals surface area contributed by atoms with Gasteiger partial charge >= 0.3 is 6.03 Å². The van der Waals surface area contributed by atoms with Gasteiger partial charge in [0.05, 0.1) is 0 Å². The number of hydrogen-bond acceptors (Lipinski definition) is 3. The number of nitrogens with one attached hydrogen (secondary N) is 1. The fourth-order valence-corrected chi connectivity index (χ4v) is 4.84. The molecule has 0 spiro atoms. The van der Waals surface area contributed by atoms with Crippen molar-refractivity contribution in [1.29, 1.82) is 0 Å². The number of thioether (sulfide) groups is 1. The zero-order valence-electron chi connectivity index (χ0n) is 17.3. The molecule has 2 amide bonds. The number of anilines is 1. The van der Waals surface area contributed by atoms with Gasteiger partial charge in [0.1, 0.15) is 17.7 Å². The van der Waals surface area contributed by atoms with Crippen molar-refractivity contribution in [2.24, 2.45) is 0 Å². The number of nitrogens with zero attached hydrogens (tertiary/aromatic N) is 1. The Morgan fingerprint density at radius 1 is 1.07 bits per heavy atom. The maximum absolute atomic E-state index is 13.0. The predicted octanol–water partition coefficient (Wildman–Crippen LogP) is 6.16. The fourth-order valence-electron chi connectivity index (χ4n) is 3.59. The van der Waals surface area contributed by atoms with E-state index in [1.807, 2.05) is 60.4 Å². The van der Waals surface area contributed by atoms with Crippen molar-refractivity contribution >= 4 is 23.5 Å². The third-order valence-electron chi connectivity index (χ3n) is 5.17. The van der Waals surface area contributed by atoms with Gasteiger partial charge in [0, 0.05) is 18.0 Å². The van der Waals surface area contributed by atoms with Gasteiger partial charge in [0.2, 0.25) is 0 Å². The van der Waals surface area contributed by atoms with Crippen molar-refractivity contribution in [3.8, 4) is 5.75 Å². The molecule has 1 aliphatic heterocycles. The van der Waals surface area contributed by atoms with Gasteiger partial charge in [0.25, 0.3) is 0 Å². The number of benzene rings is 3. The van der Waals surface area contributed by atoms with E-state index in [0.717, 1.165) is 40.4 Å². The number of aryl methyl sites for hydroxylation is 2. The predicted molar refractivity (Wildman–Crippen MR) is 124 cm³/mol. The zero-order valence-corrected chi connectivity index (χ0v) is 18.1. The number of ether oxygens (including phenoxy) is 1. The molecule has 1 N–H and O–H groups in total. The van der Waals surface area contributed by atoms with Gasteiger partial charge in [-0.2, -0.15) is 0 Å². The highest BCUT2D eigenvalue weighted by atomic mass is 32.2. The van der Waals surface area contributed by atoms with Crippen LogP contribution < -0.4 is 10.1 Å². The van der Waals surface area contributed by atoms with Crippen molar-refractivity contribution < 1.29 is 9.53 Å². The second-order valence-corrected chi connectivity index (χ2v) is 8.70. The minimum absolute atomic E-state index is 0.0176. The van der Waals surface area contributed by atoms with Crippen LogP contribution in [0, 0.1) is 13.8 Å². The highest BCUT2D eigenvalue weighted by Gasteiger charge is 2.31. The zero-order chi connectivity index (χ0) is 20.9. The highest BCUT2D eigenvalue weighted by molar-refractivity contribution is 7.99. The van der Waals surface area contributed by atoms with E-state index in [0.29, 0.717) is 6.61 Å². The molecule has 0 aromatic heterocycles. The number of carbonyl (C=O) groups is 1. The third-order valence-corrected chi connectivity index (χ3v) is 6.43. The molecule has 1 saturated heterocycles. The Bertz CT molecular complexity index is 1020. The molecular formula is C25H26N2O2S. The minimum Gasteiger partial charge on any atom is -0.489 e. The topological polar surface area (TPSA) is 41.6 Å². The molecule has 154 valence electrons. The van der Waals surface area contributed by atoms with Crippen LogP contribution in [-0.4, -0.2) is 23.2 Å². The largest absolute Gasteiger partial charge is 0.489 e. The van der Waals surface area contributed by atoms with Crippen LogP contribution in [-0.2, 0) is 6.61 Å². The summed E-state index contributed by atoms with van der Waals surface area (Å²) in [4.78, 5) is 14.9. The standard InChI is InChI=1S/C25H26N2O2S/c1-18-11-12-23(19(2)15-18)26-25(28)27-13-14-30-24(27)21-9-6-10-22(16-21)29-17-20-7-4-3-5-8-20/h3-12,15-16,24H,13-14,17H2,1-2H3,(H,26,28)/t24-/m0/s1. The van der Waals surface area contributed by atoms with Crippen molar-refractivity contribution in [2.45, 2.75) is 25.8 Å². The lowest BCUT2D eigenvalue weighted by Crippen LogP contribution is -2.34. The summed E-state index contributed by atoms with van der Waals surface area (Å²) < 4.78 is 5.98. The monoisotopic (exact) mass is 418 g/mol. The van der Waals surface area contributed by atoms with Gasteiger partial charge in [-0.05, 0) is 48.7 Å². The van der Waals surface area contributed by atoms with Gasteiger partial charge in [0.15, 0.2) is 0 Å². The lowest BCUT2D eigenvalue weighted by molar-refractivity contribution is 0.214. The molecule has 4 nitrogen and oxygen atoms in total. The molecule has 0 saturated carbocycles. The van der Waals surface area contributed by atoms with E-state index in [1.165, 1.54) is 5.56 Å². The highest BCUT2D eigenvalue weighted by Crippen LogP contribution is 2.39. The molecular weight excluding hydrogens is 392 g/mol. The Hall–Kier alpha value is -2.92. The molecule has 1 heterocycles. The first kappa shape index (κ1) is 20.4. The molecule has 0 radical (unpaired) electrons. The number of carbonyl (C=O) groups excluding carboxylic acids is 1. The summed E-state index contributed by atoms with van der Waals surface area (Å²) in [7, 11) is 0. The second kappa shape index (κ2) is 9.26. The smallest absolute Gasteiger partial charge is 0.323 e. The van der Waals surface area contributed by atoms with E-state index in [4.69, 9.17) is 4.74 Å². The Morgan fingerprint density at radius 2 is 1.90 bits per heavy atom. The van der Waals surface area contributed by atoms with E-state index in [2.05, 4.69) is 36.5 Å². The van der Waals surface area contributed by atoms with Crippen LogP contribution in [0.3, 0.4) is 0 Å². The van der Waals surface area contributed by atoms with E-state index >= 15 is 0 Å². The Labute approximate surface area is 182 Å². The van der Waals surface area contributed by atoms with Crippen LogP contribution in [0.4, 0.5) is 10.5 Å². The number of hydrogen-bond donors (Lipinski definition) is 1. The fraction of sp³-hybridized carbons (Fsp3) is 0.240. The SMILES string of the molecule is Cc1ccc(NC(=O)N2CCS[C@H]2c2cccc(OCc3ccccc3)c2)c(C)c1. The quantitative estimate of drug-likeness (QED) is 0.539. The molecule has 0 unspecified atom stereocenters.